The molecule has 0 spiro atoms. The first-order valence-corrected chi connectivity index (χ1v) is 10.7. The van der Waals surface area contributed by atoms with Crippen LogP contribution in [-0.4, -0.2) is 54.2 Å². The van der Waals surface area contributed by atoms with Crippen LogP contribution < -0.4 is 5.32 Å². The van der Waals surface area contributed by atoms with Crippen molar-refractivity contribution >= 4 is 29.0 Å². The summed E-state index contributed by atoms with van der Waals surface area (Å²) in [4.78, 5) is 16.6. The topological polar surface area (TPSA) is 44.8 Å². The van der Waals surface area contributed by atoms with Gasteiger partial charge >= 0.3 is 5.97 Å². The molecule has 3 rings (SSSR count). The minimum atomic E-state index is -0.372. The molecule has 0 aromatic heterocycles. The van der Waals surface area contributed by atoms with Crippen molar-refractivity contribution in [3.05, 3.63) is 65.2 Å². The van der Waals surface area contributed by atoms with Gasteiger partial charge in [0.05, 0.1) is 18.4 Å². The number of nitrogens with one attached hydrogen (secondary N) is 1. The largest absolute Gasteiger partial charge is 0.465 e. The summed E-state index contributed by atoms with van der Waals surface area (Å²) in [6.45, 7) is 11.3. The second kappa shape index (κ2) is 9.58. The molecular weight excluding hydrogens is 394 g/mol. The van der Waals surface area contributed by atoms with Crippen LogP contribution >= 0.6 is 12.2 Å². The van der Waals surface area contributed by atoms with E-state index in [2.05, 4.69) is 60.2 Å². The van der Waals surface area contributed by atoms with Crippen LogP contribution in [0.4, 0.5) is 5.69 Å². The van der Waals surface area contributed by atoms with E-state index in [0.717, 1.165) is 32.7 Å². The fourth-order valence-corrected chi connectivity index (χ4v) is 3.84. The predicted octanol–water partition coefficient (Wildman–Crippen LogP) is 4.29. The summed E-state index contributed by atoms with van der Waals surface area (Å²) < 4.78 is 4.86. The smallest absolute Gasteiger partial charge is 0.339 e. The lowest BCUT2D eigenvalue weighted by Crippen LogP contribution is -2.49. The van der Waals surface area contributed by atoms with Gasteiger partial charge in [-0.3, -0.25) is 4.90 Å². The third-order valence-electron chi connectivity index (χ3n) is 5.46. The maximum absolute atomic E-state index is 12.0. The number of para-hydroxylation sites is 1. The lowest BCUT2D eigenvalue weighted by Gasteiger charge is -2.36. The average Bonchev–Trinajstić information content (AvgIpc) is 2.74. The Bertz CT molecular complexity index is 882. The highest BCUT2D eigenvalue weighted by molar-refractivity contribution is 7.80. The molecule has 6 heteroatoms. The number of anilines is 1. The first-order valence-electron chi connectivity index (χ1n) is 10.3. The number of benzene rings is 2. The standard InChI is InChI=1S/C24H31N3O2S/c1-24(2,3)19-11-9-18(10-12-19)17-26-13-15-27(16-14-26)23(30)25-21-8-6-5-7-20(21)22(28)29-4/h5-12H,13-17H2,1-4H3,(H,25,30). The Labute approximate surface area is 185 Å². The molecule has 2 aromatic rings. The number of carbonyl (C=O) groups is 1. The number of carbonyl (C=O) groups excluding carboxylic acids is 1. The number of piperazine rings is 1. The van der Waals surface area contributed by atoms with Crippen molar-refractivity contribution in [2.75, 3.05) is 38.6 Å². The van der Waals surface area contributed by atoms with Crippen LogP contribution in [0.3, 0.4) is 0 Å². The van der Waals surface area contributed by atoms with Crippen LogP contribution in [0.2, 0.25) is 0 Å². The number of hydrogen-bond acceptors (Lipinski definition) is 4. The van der Waals surface area contributed by atoms with Crippen molar-refractivity contribution in [3.63, 3.8) is 0 Å². The van der Waals surface area contributed by atoms with Gasteiger partial charge in [0, 0.05) is 32.7 Å². The highest BCUT2D eigenvalue weighted by Gasteiger charge is 2.21. The molecule has 0 unspecified atom stereocenters. The van der Waals surface area contributed by atoms with Gasteiger partial charge in [-0.2, -0.15) is 0 Å². The van der Waals surface area contributed by atoms with Gasteiger partial charge in [0.25, 0.3) is 0 Å². The van der Waals surface area contributed by atoms with Crippen molar-refractivity contribution in [2.24, 2.45) is 0 Å². The van der Waals surface area contributed by atoms with E-state index in [1.165, 1.54) is 18.2 Å². The monoisotopic (exact) mass is 425 g/mol. The summed E-state index contributed by atoms with van der Waals surface area (Å²) in [5.41, 5.74) is 4.04. The summed E-state index contributed by atoms with van der Waals surface area (Å²) in [6.07, 6.45) is 0. The van der Waals surface area contributed by atoms with Crippen LogP contribution in [0.1, 0.15) is 42.3 Å². The lowest BCUT2D eigenvalue weighted by atomic mass is 9.87. The minimum absolute atomic E-state index is 0.180. The Balaban J connectivity index is 1.53. The number of thiocarbonyl (C=S) groups is 1. The summed E-state index contributed by atoms with van der Waals surface area (Å²) in [5.74, 6) is -0.372. The fraction of sp³-hybridized carbons (Fsp3) is 0.417. The molecule has 1 fully saturated rings. The summed E-state index contributed by atoms with van der Waals surface area (Å²) in [7, 11) is 1.38. The van der Waals surface area contributed by atoms with E-state index in [9.17, 15) is 4.79 Å². The van der Waals surface area contributed by atoms with Gasteiger partial charge in [-0.25, -0.2) is 4.79 Å². The maximum atomic E-state index is 12.0. The Hall–Kier alpha value is -2.44. The predicted molar refractivity (Wildman–Crippen MR) is 126 cm³/mol. The molecule has 1 aliphatic heterocycles. The third kappa shape index (κ3) is 5.58. The second-order valence-electron chi connectivity index (χ2n) is 8.68. The lowest BCUT2D eigenvalue weighted by molar-refractivity contribution is 0.0602. The summed E-state index contributed by atoms with van der Waals surface area (Å²) >= 11 is 5.60. The molecule has 30 heavy (non-hydrogen) atoms. The average molecular weight is 426 g/mol. The van der Waals surface area contributed by atoms with Crippen LogP contribution in [0.25, 0.3) is 0 Å². The minimum Gasteiger partial charge on any atom is -0.465 e. The third-order valence-corrected chi connectivity index (χ3v) is 5.82. The zero-order valence-corrected chi connectivity index (χ0v) is 19.1. The Morgan fingerprint density at radius 2 is 1.67 bits per heavy atom. The molecule has 1 N–H and O–H groups in total. The molecule has 5 nitrogen and oxygen atoms in total. The van der Waals surface area contributed by atoms with Crippen molar-refractivity contribution in [3.8, 4) is 0 Å². The molecule has 1 saturated heterocycles. The van der Waals surface area contributed by atoms with E-state index in [0.29, 0.717) is 16.4 Å². The van der Waals surface area contributed by atoms with Gasteiger partial charge in [0.15, 0.2) is 5.11 Å². The van der Waals surface area contributed by atoms with E-state index in [4.69, 9.17) is 17.0 Å². The molecule has 0 atom stereocenters. The van der Waals surface area contributed by atoms with Gasteiger partial charge in [-0.15, -0.1) is 0 Å². The second-order valence-corrected chi connectivity index (χ2v) is 9.06. The summed E-state index contributed by atoms with van der Waals surface area (Å²) in [6, 6.07) is 16.2. The number of nitrogens with zero attached hydrogens (tertiary/aromatic N) is 2. The number of rotatable bonds is 4. The van der Waals surface area contributed by atoms with E-state index < -0.39 is 0 Å². The Morgan fingerprint density at radius 1 is 1.03 bits per heavy atom. The molecule has 0 bridgehead atoms. The fourth-order valence-electron chi connectivity index (χ4n) is 3.55. The number of ether oxygens (including phenoxy) is 1. The maximum Gasteiger partial charge on any atom is 0.339 e. The Morgan fingerprint density at radius 3 is 2.27 bits per heavy atom. The molecule has 0 aliphatic carbocycles. The van der Waals surface area contributed by atoms with E-state index >= 15 is 0 Å². The van der Waals surface area contributed by atoms with E-state index in [1.54, 1.807) is 6.07 Å². The van der Waals surface area contributed by atoms with E-state index in [-0.39, 0.29) is 11.4 Å². The molecule has 1 aliphatic rings. The van der Waals surface area contributed by atoms with Crippen LogP contribution in [-0.2, 0) is 16.7 Å². The zero-order valence-electron chi connectivity index (χ0n) is 18.3. The molecule has 2 aromatic carbocycles. The van der Waals surface area contributed by atoms with Crippen molar-refractivity contribution in [1.82, 2.24) is 9.80 Å². The number of hydrogen-bond donors (Lipinski definition) is 1. The first-order chi connectivity index (χ1) is 14.3. The van der Waals surface area contributed by atoms with Gasteiger partial charge in [0.2, 0.25) is 0 Å². The normalized spacial score (nSPS) is 15.0. The highest BCUT2D eigenvalue weighted by atomic mass is 32.1. The summed E-state index contributed by atoms with van der Waals surface area (Å²) in [5, 5.41) is 3.86. The molecule has 0 radical (unpaired) electrons. The van der Waals surface area contributed by atoms with Gasteiger partial charge < -0.3 is 15.0 Å². The zero-order chi connectivity index (χ0) is 21.7. The molecule has 0 amide bonds. The quantitative estimate of drug-likeness (QED) is 0.583. The van der Waals surface area contributed by atoms with Crippen molar-refractivity contribution in [2.45, 2.75) is 32.7 Å². The number of esters is 1. The van der Waals surface area contributed by atoms with Gasteiger partial charge in [-0.1, -0.05) is 57.2 Å². The van der Waals surface area contributed by atoms with Gasteiger partial charge in [0.1, 0.15) is 0 Å². The molecule has 0 saturated carbocycles. The highest BCUT2D eigenvalue weighted by Crippen LogP contribution is 2.23. The molecular formula is C24H31N3O2S. The van der Waals surface area contributed by atoms with Crippen molar-refractivity contribution in [1.29, 1.82) is 0 Å². The van der Waals surface area contributed by atoms with Crippen molar-refractivity contribution < 1.29 is 9.53 Å². The van der Waals surface area contributed by atoms with Crippen LogP contribution in [0.5, 0.6) is 0 Å². The van der Waals surface area contributed by atoms with Crippen LogP contribution in [0.15, 0.2) is 48.5 Å². The van der Waals surface area contributed by atoms with E-state index in [1.807, 2.05) is 18.2 Å². The number of methoxy groups -OCH3 is 1. The molecule has 1 heterocycles. The first kappa shape index (κ1) is 22.2. The molecule has 160 valence electrons. The Kier molecular flexibility index (Phi) is 7.10. The van der Waals surface area contributed by atoms with Gasteiger partial charge in [-0.05, 0) is 40.9 Å². The SMILES string of the molecule is COC(=O)c1ccccc1NC(=S)N1CCN(Cc2ccc(C(C)(C)C)cc2)CC1. The van der Waals surface area contributed by atoms with Crippen LogP contribution in [0, 0.1) is 0 Å².